The van der Waals surface area contributed by atoms with Crippen LogP contribution in [0.15, 0.2) is 59.6 Å². The molecule has 8 heteroatoms. The zero-order valence-electron chi connectivity index (χ0n) is 25.6. The van der Waals surface area contributed by atoms with Crippen LogP contribution in [0.5, 0.6) is 5.75 Å². The van der Waals surface area contributed by atoms with E-state index in [0.717, 1.165) is 56.8 Å². The second kappa shape index (κ2) is 14.8. The van der Waals surface area contributed by atoms with Crippen LogP contribution in [-0.4, -0.2) is 82.7 Å². The maximum Gasteiger partial charge on any atom is 0.180 e. The molecule has 0 amide bonds. The lowest BCUT2D eigenvalue weighted by atomic mass is 10.0. The first kappa shape index (κ1) is 31.1. The van der Waals surface area contributed by atoms with Gasteiger partial charge in [-0.15, -0.1) is 0 Å². The molecule has 2 aromatic carbocycles. The molecule has 0 atom stereocenters. The SMILES string of the molecule is CCCc1nn(C)c(C(C)=O)c1N=C(C)c1cc(C(=O)CN2CCN(C/C=C/c3ccccc3)CC2)ccc1OCC. The Bertz CT molecular complexity index is 1430. The predicted molar refractivity (Wildman–Crippen MR) is 169 cm³/mol. The molecule has 1 fully saturated rings. The summed E-state index contributed by atoms with van der Waals surface area (Å²) in [6.45, 7) is 12.8. The van der Waals surface area contributed by atoms with Gasteiger partial charge in [0.05, 0.1) is 18.8 Å². The second-order valence-corrected chi connectivity index (χ2v) is 10.7. The molecule has 0 spiro atoms. The van der Waals surface area contributed by atoms with Crippen LogP contribution < -0.4 is 4.74 Å². The van der Waals surface area contributed by atoms with Gasteiger partial charge in [-0.1, -0.05) is 55.8 Å². The molecule has 0 aliphatic carbocycles. The highest BCUT2D eigenvalue weighted by molar-refractivity contribution is 6.07. The summed E-state index contributed by atoms with van der Waals surface area (Å²) in [7, 11) is 1.77. The molecule has 0 N–H and O–H groups in total. The van der Waals surface area contributed by atoms with Crippen molar-refractivity contribution in [1.82, 2.24) is 19.6 Å². The molecule has 0 radical (unpaired) electrons. The summed E-state index contributed by atoms with van der Waals surface area (Å²) >= 11 is 0. The Morgan fingerprint density at radius 1 is 1.00 bits per heavy atom. The number of benzene rings is 2. The van der Waals surface area contributed by atoms with Gasteiger partial charge in [0.2, 0.25) is 0 Å². The summed E-state index contributed by atoms with van der Waals surface area (Å²) in [4.78, 5) is 35.4. The van der Waals surface area contributed by atoms with Crippen LogP contribution in [0.25, 0.3) is 6.08 Å². The van der Waals surface area contributed by atoms with Crippen molar-refractivity contribution < 1.29 is 14.3 Å². The number of piperazine rings is 1. The number of hydrogen-bond acceptors (Lipinski definition) is 7. The molecule has 1 aliphatic rings. The van der Waals surface area contributed by atoms with Gasteiger partial charge in [-0.2, -0.15) is 5.10 Å². The number of aliphatic imine (C=N–C) groups is 1. The normalized spacial score (nSPS) is 14.9. The Balaban J connectivity index is 1.46. The van der Waals surface area contributed by atoms with Gasteiger partial charge in [0.15, 0.2) is 11.6 Å². The fourth-order valence-electron chi connectivity index (χ4n) is 5.31. The van der Waals surface area contributed by atoms with Crippen LogP contribution in [0.3, 0.4) is 0 Å². The Kier molecular flexibility index (Phi) is 11.0. The number of ether oxygens (including phenoxy) is 1. The van der Waals surface area contributed by atoms with Gasteiger partial charge in [0.25, 0.3) is 0 Å². The van der Waals surface area contributed by atoms with Crippen molar-refractivity contribution in [2.24, 2.45) is 12.0 Å². The monoisotopic (exact) mass is 569 g/mol. The zero-order valence-corrected chi connectivity index (χ0v) is 25.6. The third-order valence-electron chi connectivity index (χ3n) is 7.49. The van der Waals surface area contributed by atoms with Gasteiger partial charge in [0.1, 0.15) is 17.1 Å². The van der Waals surface area contributed by atoms with E-state index in [1.165, 1.54) is 12.5 Å². The van der Waals surface area contributed by atoms with E-state index in [9.17, 15) is 9.59 Å². The van der Waals surface area contributed by atoms with Crippen LogP contribution >= 0.6 is 0 Å². The molecule has 0 saturated carbocycles. The zero-order chi connectivity index (χ0) is 30.1. The van der Waals surface area contributed by atoms with E-state index in [0.29, 0.717) is 41.6 Å². The summed E-state index contributed by atoms with van der Waals surface area (Å²) in [5, 5.41) is 4.56. The highest BCUT2D eigenvalue weighted by atomic mass is 16.5. The van der Waals surface area contributed by atoms with E-state index in [2.05, 4.69) is 46.1 Å². The van der Waals surface area contributed by atoms with Crippen molar-refractivity contribution in [3.8, 4) is 5.75 Å². The molecule has 1 aliphatic heterocycles. The second-order valence-electron chi connectivity index (χ2n) is 10.7. The Morgan fingerprint density at radius 2 is 1.71 bits per heavy atom. The van der Waals surface area contributed by atoms with Crippen LogP contribution in [0.2, 0.25) is 0 Å². The van der Waals surface area contributed by atoms with Crippen LogP contribution in [0.4, 0.5) is 5.69 Å². The fraction of sp³-hybridized carbons (Fsp3) is 0.412. The average Bonchev–Trinajstić information content (AvgIpc) is 3.29. The number of aryl methyl sites for hydroxylation is 2. The van der Waals surface area contributed by atoms with E-state index in [1.807, 2.05) is 50.2 Å². The molecule has 4 rings (SSSR count). The molecule has 8 nitrogen and oxygen atoms in total. The standard InChI is InChI=1S/C34H43N5O3/c1-6-12-30-33(34(26(4)40)37(5)36-30)35-25(3)29-23-28(16-17-32(29)42-7-2)31(41)24-39-21-19-38(20-22-39)18-11-15-27-13-9-8-10-14-27/h8-11,13-17,23H,6-7,12,18-22,24H2,1-5H3/b15-11+,35-25?. The van der Waals surface area contributed by atoms with Gasteiger partial charge in [0, 0.05) is 63.5 Å². The minimum atomic E-state index is -0.0832. The summed E-state index contributed by atoms with van der Waals surface area (Å²) in [5.74, 6) is 0.653. The maximum atomic E-state index is 13.4. The quantitative estimate of drug-likeness (QED) is 0.196. The molecule has 0 bridgehead atoms. The molecule has 2 heterocycles. The Labute approximate surface area is 249 Å². The first-order valence-electron chi connectivity index (χ1n) is 14.9. The van der Waals surface area contributed by atoms with Gasteiger partial charge in [-0.3, -0.25) is 24.1 Å². The van der Waals surface area contributed by atoms with Gasteiger partial charge < -0.3 is 4.74 Å². The molecule has 1 aromatic heterocycles. The maximum absolute atomic E-state index is 13.4. The largest absolute Gasteiger partial charge is 0.493 e. The topological polar surface area (TPSA) is 80.0 Å². The summed E-state index contributed by atoms with van der Waals surface area (Å²) in [6, 6.07) is 15.9. The first-order chi connectivity index (χ1) is 20.3. The average molecular weight is 570 g/mol. The molecular formula is C34H43N5O3. The van der Waals surface area contributed by atoms with E-state index in [-0.39, 0.29) is 11.6 Å². The highest BCUT2D eigenvalue weighted by Crippen LogP contribution is 2.29. The molecule has 3 aromatic rings. The predicted octanol–water partition coefficient (Wildman–Crippen LogP) is 5.63. The van der Waals surface area contributed by atoms with Gasteiger partial charge in [-0.05, 0) is 44.0 Å². The lowest BCUT2D eigenvalue weighted by Crippen LogP contribution is -2.47. The first-order valence-corrected chi connectivity index (χ1v) is 14.9. The molecule has 222 valence electrons. The van der Waals surface area contributed by atoms with Crippen LogP contribution in [0.1, 0.15) is 71.8 Å². The van der Waals surface area contributed by atoms with E-state index < -0.39 is 0 Å². The number of ketones is 2. The van der Waals surface area contributed by atoms with Crippen molar-refractivity contribution in [2.75, 3.05) is 45.9 Å². The number of rotatable bonds is 13. The lowest BCUT2D eigenvalue weighted by Gasteiger charge is -2.33. The Hall–Kier alpha value is -3.88. The number of nitrogens with zero attached hydrogens (tertiary/aromatic N) is 5. The summed E-state index contributed by atoms with van der Waals surface area (Å²) in [6.07, 6.45) is 5.98. The lowest BCUT2D eigenvalue weighted by molar-refractivity contribution is 0.0864. The third-order valence-corrected chi connectivity index (χ3v) is 7.49. The van der Waals surface area contributed by atoms with Crippen molar-refractivity contribution in [3.05, 3.63) is 82.7 Å². The number of hydrogen-bond donors (Lipinski definition) is 0. The molecule has 1 saturated heterocycles. The number of carbonyl (C=O) groups is 2. The minimum Gasteiger partial charge on any atom is -0.493 e. The molecular weight excluding hydrogens is 526 g/mol. The van der Waals surface area contributed by atoms with Gasteiger partial charge in [-0.25, -0.2) is 4.99 Å². The van der Waals surface area contributed by atoms with Crippen molar-refractivity contribution >= 4 is 29.0 Å². The van der Waals surface area contributed by atoms with Crippen molar-refractivity contribution in [3.63, 3.8) is 0 Å². The van der Waals surface area contributed by atoms with E-state index in [1.54, 1.807) is 11.7 Å². The van der Waals surface area contributed by atoms with Crippen LogP contribution in [-0.2, 0) is 13.5 Å². The third kappa shape index (κ3) is 7.89. The highest BCUT2D eigenvalue weighted by Gasteiger charge is 2.22. The number of carbonyl (C=O) groups excluding carboxylic acids is 2. The summed E-state index contributed by atoms with van der Waals surface area (Å²) < 4.78 is 7.53. The van der Waals surface area contributed by atoms with Crippen LogP contribution in [0, 0.1) is 0 Å². The molecule has 42 heavy (non-hydrogen) atoms. The van der Waals surface area contributed by atoms with Crippen molar-refractivity contribution in [2.45, 2.75) is 40.5 Å². The summed E-state index contributed by atoms with van der Waals surface area (Å²) in [5.41, 5.74) is 5.14. The molecule has 0 unspecified atom stereocenters. The smallest absolute Gasteiger partial charge is 0.180 e. The number of aromatic nitrogens is 2. The fourth-order valence-corrected chi connectivity index (χ4v) is 5.31. The van der Waals surface area contributed by atoms with E-state index in [4.69, 9.17) is 9.73 Å². The van der Waals surface area contributed by atoms with E-state index >= 15 is 0 Å². The Morgan fingerprint density at radius 3 is 2.38 bits per heavy atom. The number of Topliss-reactive ketones (excluding diaryl/α,β-unsaturated/α-hetero) is 2. The minimum absolute atomic E-state index is 0.0713. The van der Waals surface area contributed by atoms with Crippen molar-refractivity contribution in [1.29, 1.82) is 0 Å². The van der Waals surface area contributed by atoms with Gasteiger partial charge >= 0.3 is 0 Å².